The van der Waals surface area contributed by atoms with Crippen LogP contribution in [0.2, 0.25) is 0 Å². The minimum atomic E-state index is -4.19. The molecule has 0 bridgehead atoms. The Morgan fingerprint density at radius 1 is 1.11 bits per heavy atom. The zero-order valence-electron chi connectivity index (χ0n) is 20.6. The van der Waals surface area contributed by atoms with Gasteiger partial charge in [-0.25, -0.2) is 23.1 Å². The minimum absolute atomic E-state index is 0.0352. The molecule has 1 saturated carbocycles. The van der Waals surface area contributed by atoms with Crippen LogP contribution in [0.5, 0.6) is 0 Å². The fraction of sp³-hybridized carbons (Fsp3) is 0.346. The lowest BCUT2D eigenvalue weighted by Gasteiger charge is -2.41. The van der Waals surface area contributed by atoms with Gasteiger partial charge in [-0.2, -0.15) is 13.2 Å². The Morgan fingerprint density at radius 2 is 1.82 bits per heavy atom. The van der Waals surface area contributed by atoms with Crippen molar-refractivity contribution in [1.29, 1.82) is 0 Å². The lowest BCUT2D eigenvalue weighted by molar-refractivity contribution is -0.201. The second kappa shape index (κ2) is 9.57. The standard InChI is InChI=1S/C26H25F3N4O4S/c1-15-10-22(23(37-2)14-20(15)17-11-18(12-17)26(27,28)29)33-21-6-5-19(13-16(21)4-7-24(33)34)38(35,36)32-25-30-8-3-9-31-25/h3-9,13-15,17-18H,10-12H2,1-2H3,(H,30,31,32). The summed E-state index contributed by atoms with van der Waals surface area (Å²) < 4.78 is 74.3. The quantitative estimate of drug-likeness (QED) is 0.469. The molecule has 1 aromatic carbocycles. The maximum atomic E-state index is 13.0. The van der Waals surface area contributed by atoms with Gasteiger partial charge in [0.05, 0.1) is 29.1 Å². The molecule has 38 heavy (non-hydrogen) atoms. The van der Waals surface area contributed by atoms with Crippen LogP contribution in [-0.2, 0) is 14.8 Å². The summed E-state index contributed by atoms with van der Waals surface area (Å²) in [6, 6.07) is 8.82. The Morgan fingerprint density at radius 3 is 2.47 bits per heavy atom. The molecule has 2 aliphatic carbocycles. The van der Waals surface area contributed by atoms with Gasteiger partial charge in [0.1, 0.15) is 5.76 Å². The fourth-order valence-corrected chi connectivity index (χ4v) is 6.13. The molecule has 5 rings (SSSR count). The molecular formula is C26H25F3N4O4S. The number of halogens is 3. The summed E-state index contributed by atoms with van der Waals surface area (Å²) in [5, 5.41) is 0.499. The monoisotopic (exact) mass is 546 g/mol. The van der Waals surface area contributed by atoms with Gasteiger partial charge in [-0.15, -0.1) is 0 Å². The molecule has 3 aromatic rings. The first-order valence-corrected chi connectivity index (χ1v) is 13.5. The highest BCUT2D eigenvalue weighted by atomic mass is 32.2. The highest BCUT2D eigenvalue weighted by Gasteiger charge is 2.49. The van der Waals surface area contributed by atoms with Crippen LogP contribution in [0.15, 0.2) is 75.9 Å². The first-order chi connectivity index (χ1) is 18.0. The molecule has 2 aromatic heterocycles. The number of hydrogen-bond acceptors (Lipinski definition) is 6. The molecule has 2 heterocycles. The van der Waals surface area contributed by atoms with E-state index in [9.17, 15) is 26.4 Å². The number of nitrogens with zero attached hydrogens (tertiary/aromatic N) is 3. The van der Waals surface area contributed by atoms with E-state index in [2.05, 4.69) is 14.7 Å². The number of hydrogen-bond donors (Lipinski definition) is 1. The van der Waals surface area contributed by atoms with Crippen LogP contribution in [-0.4, -0.2) is 36.2 Å². The van der Waals surface area contributed by atoms with Crippen molar-refractivity contribution in [2.75, 3.05) is 11.8 Å². The van der Waals surface area contributed by atoms with Gasteiger partial charge in [-0.05, 0) is 67.5 Å². The predicted octanol–water partition coefficient (Wildman–Crippen LogP) is 4.96. The van der Waals surface area contributed by atoms with Crippen LogP contribution in [0.4, 0.5) is 19.1 Å². The van der Waals surface area contributed by atoms with E-state index in [-0.39, 0.29) is 41.1 Å². The lowest BCUT2D eigenvalue weighted by Crippen LogP contribution is -2.38. The van der Waals surface area contributed by atoms with Crippen molar-refractivity contribution in [3.05, 3.63) is 76.6 Å². The summed E-state index contributed by atoms with van der Waals surface area (Å²) in [6.07, 6.45) is 0.888. The van der Waals surface area contributed by atoms with Gasteiger partial charge < -0.3 is 4.74 Å². The Balaban J connectivity index is 1.52. The number of rotatable bonds is 6. The Bertz CT molecular complexity index is 1610. The maximum Gasteiger partial charge on any atom is 0.391 e. The number of alkyl halides is 3. The molecule has 1 atom stereocenters. The molecule has 200 valence electrons. The Labute approximate surface area is 216 Å². The molecule has 1 unspecified atom stereocenters. The van der Waals surface area contributed by atoms with Crippen molar-refractivity contribution in [2.45, 2.75) is 37.3 Å². The van der Waals surface area contributed by atoms with Crippen LogP contribution < -0.4 is 10.3 Å². The number of pyridine rings is 1. The first-order valence-electron chi connectivity index (χ1n) is 12.0. The van der Waals surface area contributed by atoms with Crippen LogP contribution >= 0.6 is 0 Å². The molecule has 0 saturated heterocycles. The fourth-order valence-electron chi connectivity index (χ4n) is 5.14. The summed E-state index contributed by atoms with van der Waals surface area (Å²) in [5.41, 5.74) is 1.60. The SMILES string of the molecule is COC1=C(n2c(=O)ccc3cc(S(=O)(=O)Nc4ncccn4)ccc32)CC(C)C(C2CC(C(F)(F)F)C2)=C1. The van der Waals surface area contributed by atoms with Gasteiger partial charge >= 0.3 is 6.18 Å². The second-order valence-corrected chi connectivity index (χ2v) is 11.3. The highest BCUT2D eigenvalue weighted by Crippen LogP contribution is 2.51. The normalized spacial score (nSPS) is 22.1. The average molecular weight is 547 g/mol. The molecule has 12 heteroatoms. The van der Waals surface area contributed by atoms with E-state index in [1.54, 1.807) is 24.3 Å². The molecule has 0 radical (unpaired) electrons. The molecule has 0 aliphatic heterocycles. The number of nitrogens with one attached hydrogen (secondary N) is 1. The lowest BCUT2D eigenvalue weighted by atomic mass is 9.66. The van der Waals surface area contributed by atoms with Gasteiger partial charge in [0.25, 0.3) is 15.6 Å². The summed E-state index contributed by atoms with van der Waals surface area (Å²) in [4.78, 5) is 20.8. The zero-order chi connectivity index (χ0) is 27.2. The summed E-state index contributed by atoms with van der Waals surface area (Å²) in [6.45, 7) is 1.93. The number of benzene rings is 1. The number of methoxy groups -OCH3 is 1. The van der Waals surface area contributed by atoms with Crippen LogP contribution in [0.3, 0.4) is 0 Å². The minimum Gasteiger partial charge on any atom is -0.495 e. The molecule has 1 N–H and O–H groups in total. The molecule has 2 aliphatic rings. The molecule has 0 amide bonds. The van der Waals surface area contributed by atoms with Gasteiger partial charge in [-0.3, -0.25) is 9.36 Å². The zero-order valence-corrected chi connectivity index (χ0v) is 21.4. The van der Waals surface area contributed by atoms with Gasteiger partial charge in [0, 0.05) is 23.8 Å². The number of aromatic nitrogens is 3. The summed E-state index contributed by atoms with van der Waals surface area (Å²) in [7, 11) is -2.54. The van der Waals surface area contributed by atoms with Crippen molar-refractivity contribution < 1.29 is 26.3 Å². The Kier molecular flexibility index (Phi) is 6.54. The third kappa shape index (κ3) is 4.80. The van der Waals surface area contributed by atoms with Crippen molar-refractivity contribution in [2.24, 2.45) is 17.8 Å². The van der Waals surface area contributed by atoms with E-state index in [1.165, 1.54) is 42.3 Å². The van der Waals surface area contributed by atoms with Gasteiger partial charge in [-0.1, -0.05) is 12.5 Å². The number of ether oxygens (including phenoxy) is 1. The number of anilines is 1. The van der Waals surface area contributed by atoms with Crippen molar-refractivity contribution >= 4 is 32.6 Å². The van der Waals surface area contributed by atoms with Crippen LogP contribution in [0.25, 0.3) is 16.6 Å². The second-order valence-electron chi connectivity index (χ2n) is 9.58. The van der Waals surface area contributed by atoms with Gasteiger partial charge in [0.2, 0.25) is 5.95 Å². The number of allylic oxidation sites excluding steroid dienone is 3. The van der Waals surface area contributed by atoms with Crippen molar-refractivity contribution in [1.82, 2.24) is 14.5 Å². The summed E-state index contributed by atoms with van der Waals surface area (Å²) in [5.74, 6) is -1.23. The van der Waals surface area contributed by atoms with Crippen molar-refractivity contribution in [3.8, 4) is 0 Å². The topological polar surface area (TPSA) is 103 Å². The number of fused-ring (bicyclic) bond motifs is 1. The first kappa shape index (κ1) is 26.0. The largest absolute Gasteiger partial charge is 0.495 e. The third-order valence-corrected chi connectivity index (χ3v) is 8.51. The maximum absolute atomic E-state index is 13.0. The Hall–Kier alpha value is -3.67. The third-order valence-electron chi connectivity index (χ3n) is 7.18. The van der Waals surface area contributed by atoms with E-state index in [0.717, 1.165) is 5.57 Å². The van der Waals surface area contributed by atoms with Gasteiger partial charge in [0.15, 0.2) is 0 Å². The van der Waals surface area contributed by atoms with E-state index < -0.39 is 22.1 Å². The van der Waals surface area contributed by atoms with Crippen LogP contribution in [0, 0.1) is 17.8 Å². The van der Waals surface area contributed by atoms with E-state index >= 15 is 0 Å². The average Bonchev–Trinajstić information content (AvgIpc) is 2.83. The van der Waals surface area contributed by atoms with E-state index in [0.29, 0.717) is 28.8 Å². The van der Waals surface area contributed by atoms with Crippen LogP contribution in [0.1, 0.15) is 26.2 Å². The predicted molar refractivity (Wildman–Crippen MR) is 135 cm³/mol. The van der Waals surface area contributed by atoms with Crippen molar-refractivity contribution in [3.63, 3.8) is 0 Å². The number of sulfonamides is 1. The van der Waals surface area contributed by atoms with E-state index in [1.807, 2.05) is 6.92 Å². The molecular weight excluding hydrogens is 521 g/mol. The molecule has 0 spiro atoms. The molecule has 8 nitrogen and oxygen atoms in total. The summed E-state index contributed by atoms with van der Waals surface area (Å²) >= 11 is 0. The smallest absolute Gasteiger partial charge is 0.391 e. The highest BCUT2D eigenvalue weighted by molar-refractivity contribution is 7.92. The van der Waals surface area contributed by atoms with E-state index in [4.69, 9.17) is 4.74 Å². The molecule has 1 fully saturated rings.